The monoisotopic (exact) mass is 1110 g/mol. The Morgan fingerprint density at radius 3 is 1.68 bits per heavy atom. The SMILES string of the molecule is C/C1=C2\CCCC\C2=C\CCCCCC1.C=C.CC1/C=C/CCCC/C=C/CCCCCC1.CCCCCCC(C)[C@H](CC(Oc1ccccc1-c1cc(C)cc(C)c1O)C1CCCCC1)Oc1ccccc1-c1cc(C)cc(C)c1O. The van der Waals surface area contributed by atoms with Crippen molar-refractivity contribution in [2.75, 3.05) is 0 Å². The van der Waals surface area contributed by atoms with Crippen LogP contribution in [-0.4, -0.2) is 22.4 Å². The van der Waals surface area contributed by atoms with Crippen molar-refractivity contribution in [2.45, 2.75) is 267 Å². The maximum absolute atomic E-state index is 11.2. The molecule has 0 spiro atoms. The molecule has 82 heavy (non-hydrogen) atoms. The van der Waals surface area contributed by atoms with Crippen LogP contribution in [0.5, 0.6) is 23.0 Å². The van der Waals surface area contributed by atoms with Crippen LogP contribution in [0.25, 0.3) is 22.3 Å². The van der Waals surface area contributed by atoms with E-state index in [0.29, 0.717) is 23.3 Å². The molecule has 2 saturated carbocycles. The largest absolute Gasteiger partial charge is 0.507 e. The third-order valence-corrected chi connectivity index (χ3v) is 17.9. The third kappa shape index (κ3) is 23.1. The summed E-state index contributed by atoms with van der Waals surface area (Å²) in [7, 11) is 0. The molecule has 4 heteroatoms. The van der Waals surface area contributed by atoms with E-state index in [-0.39, 0.29) is 12.2 Å². The lowest BCUT2D eigenvalue weighted by Crippen LogP contribution is -2.37. The molecule has 4 nitrogen and oxygen atoms in total. The molecule has 0 saturated heterocycles. The zero-order chi connectivity index (χ0) is 58.9. The van der Waals surface area contributed by atoms with Crippen LogP contribution in [0.2, 0.25) is 0 Å². The number of phenols is 2. The molecule has 0 amide bonds. The minimum absolute atomic E-state index is 0.0423. The van der Waals surface area contributed by atoms with Gasteiger partial charge in [-0.05, 0) is 226 Å². The van der Waals surface area contributed by atoms with Gasteiger partial charge in [-0.3, -0.25) is 0 Å². The van der Waals surface area contributed by atoms with E-state index in [2.05, 4.69) is 121 Å². The summed E-state index contributed by atoms with van der Waals surface area (Å²) in [5, 5.41) is 22.3. The standard InChI is InChI=1S/C45H58O4.C16H28.C15H24.C2H4/c1-7-8-9-11-18-32(4)42(48-40-23-16-14-21-36(40)38-27-30(2)25-33(5)44(38)46)29-43(35-19-12-10-13-20-35)49-41-24-17-15-22-37(41)39-28-31(3)26-34(6)45(39)47;1-16-14-12-10-8-6-4-2-3-5-7-9-11-13-15-16;1-13-9-5-3-2-4-6-10-14-11-7-8-12-15(13)14;1-2/h14-17,21-28,32,35,42-43,46-47H,7-13,18-20,29H2,1-6H3;2-3,12,14,16H,4-11,13,15H2,1H3;10H,2-9,11-12H2,1H3;1-2H2/b;3-2+,14-12+;14-10-,15-13-;/t32?,42-,43?;;;/m0.../s1. The minimum atomic E-state index is -0.0791. The summed E-state index contributed by atoms with van der Waals surface area (Å²) in [6, 6.07) is 24.5. The molecule has 0 aromatic heterocycles. The molecule has 8 rings (SSSR count). The van der Waals surface area contributed by atoms with Crippen molar-refractivity contribution in [3.63, 3.8) is 0 Å². The Hall–Kier alpha value is -5.22. The Morgan fingerprint density at radius 2 is 1.05 bits per heavy atom. The van der Waals surface area contributed by atoms with Gasteiger partial charge in [0.1, 0.15) is 35.2 Å². The summed E-state index contributed by atoms with van der Waals surface area (Å²) in [6.07, 6.45) is 52.3. The average molecular weight is 1120 g/mol. The van der Waals surface area contributed by atoms with Crippen LogP contribution in [0, 0.1) is 45.4 Å². The molecule has 0 radical (unpaired) electrons. The van der Waals surface area contributed by atoms with Gasteiger partial charge in [-0.1, -0.05) is 182 Å². The number of rotatable bonds is 15. The number of aryl methyl sites for hydroxylation is 4. The van der Waals surface area contributed by atoms with E-state index in [9.17, 15) is 10.2 Å². The highest BCUT2D eigenvalue weighted by Crippen LogP contribution is 2.43. The van der Waals surface area contributed by atoms with Crippen molar-refractivity contribution < 1.29 is 19.7 Å². The Morgan fingerprint density at radius 1 is 0.537 bits per heavy atom. The molecule has 0 aliphatic heterocycles. The lowest BCUT2D eigenvalue weighted by Gasteiger charge is -2.36. The second-order valence-corrected chi connectivity index (χ2v) is 25.0. The fourth-order valence-electron chi connectivity index (χ4n) is 13.0. The molecular weight excluding hydrogens is 1000 g/mol. The Bertz CT molecular complexity index is 2570. The first-order valence-corrected chi connectivity index (χ1v) is 33.3. The van der Waals surface area contributed by atoms with Crippen molar-refractivity contribution in [3.05, 3.63) is 155 Å². The van der Waals surface area contributed by atoms with E-state index < -0.39 is 0 Å². The van der Waals surface area contributed by atoms with E-state index >= 15 is 0 Å². The van der Waals surface area contributed by atoms with Gasteiger partial charge >= 0.3 is 0 Å². The normalized spacial score (nSPS) is 21.1. The second-order valence-electron chi connectivity index (χ2n) is 25.0. The van der Waals surface area contributed by atoms with Crippen LogP contribution in [0.1, 0.15) is 249 Å². The molecule has 450 valence electrons. The smallest absolute Gasteiger partial charge is 0.127 e. The molecule has 2 fully saturated rings. The number of unbranched alkanes of at least 4 members (excludes halogenated alkanes) is 3. The first kappa shape index (κ1) is 67.6. The van der Waals surface area contributed by atoms with Crippen molar-refractivity contribution in [3.8, 4) is 45.3 Å². The lowest BCUT2D eigenvalue weighted by atomic mass is 9.81. The topological polar surface area (TPSA) is 58.9 Å². The molecule has 0 bridgehead atoms. The summed E-state index contributed by atoms with van der Waals surface area (Å²) in [6.45, 7) is 23.4. The van der Waals surface area contributed by atoms with Crippen LogP contribution >= 0.6 is 0 Å². The number of hydrogen-bond acceptors (Lipinski definition) is 4. The third-order valence-electron chi connectivity index (χ3n) is 17.9. The van der Waals surface area contributed by atoms with E-state index in [1.54, 1.807) is 16.7 Å². The van der Waals surface area contributed by atoms with Crippen LogP contribution in [0.4, 0.5) is 0 Å². The fraction of sp³-hybridized carbons (Fsp3) is 0.564. The van der Waals surface area contributed by atoms with Crippen LogP contribution in [0.15, 0.2) is 133 Å². The summed E-state index contributed by atoms with van der Waals surface area (Å²) in [4.78, 5) is 0. The average Bonchev–Trinajstić information content (AvgIpc) is 3.67. The van der Waals surface area contributed by atoms with Crippen molar-refractivity contribution in [1.82, 2.24) is 0 Å². The predicted octanol–water partition coefficient (Wildman–Crippen LogP) is 24.0. The zero-order valence-electron chi connectivity index (χ0n) is 53.2. The van der Waals surface area contributed by atoms with Crippen LogP contribution in [0.3, 0.4) is 0 Å². The first-order chi connectivity index (χ1) is 39.9. The number of aromatic hydroxyl groups is 2. The summed E-state index contributed by atoms with van der Waals surface area (Å²) in [5.74, 6) is 3.76. The molecule has 4 aromatic rings. The van der Waals surface area contributed by atoms with Gasteiger partial charge in [0.2, 0.25) is 0 Å². The van der Waals surface area contributed by atoms with Gasteiger partial charge in [-0.25, -0.2) is 0 Å². The van der Waals surface area contributed by atoms with E-state index in [1.165, 1.54) is 173 Å². The molecule has 4 atom stereocenters. The molecule has 4 aliphatic carbocycles. The highest BCUT2D eigenvalue weighted by atomic mass is 16.5. The molecule has 0 heterocycles. The summed E-state index contributed by atoms with van der Waals surface area (Å²) >= 11 is 0. The number of fused-ring (bicyclic) bond motifs is 1. The number of ether oxygens (including phenoxy) is 2. The lowest BCUT2D eigenvalue weighted by molar-refractivity contribution is 0.0354. The van der Waals surface area contributed by atoms with Gasteiger partial charge in [-0.15, -0.1) is 13.2 Å². The minimum Gasteiger partial charge on any atom is -0.507 e. The van der Waals surface area contributed by atoms with Crippen molar-refractivity contribution in [1.29, 1.82) is 0 Å². The van der Waals surface area contributed by atoms with Gasteiger partial charge in [-0.2, -0.15) is 0 Å². The van der Waals surface area contributed by atoms with Crippen LogP contribution < -0.4 is 9.47 Å². The summed E-state index contributed by atoms with van der Waals surface area (Å²) < 4.78 is 14.3. The Kier molecular flexibility index (Phi) is 31.8. The first-order valence-electron chi connectivity index (χ1n) is 33.3. The van der Waals surface area contributed by atoms with E-state index in [4.69, 9.17) is 9.47 Å². The van der Waals surface area contributed by atoms with Gasteiger partial charge in [0, 0.05) is 28.7 Å². The molecule has 2 N–H and O–H groups in total. The molecule has 4 aliphatic rings. The van der Waals surface area contributed by atoms with Gasteiger partial charge in [0.05, 0.1) is 0 Å². The quantitative estimate of drug-likeness (QED) is 0.0920. The fourth-order valence-corrected chi connectivity index (χ4v) is 13.0. The van der Waals surface area contributed by atoms with Gasteiger partial charge in [0.25, 0.3) is 0 Å². The number of hydrogen-bond donors (Lipinski definition) is 2. The van der Waals surface area contributed by atoms with Crippen molar-refractivity contribution >= 4 is 0 Å². The summed E-state index contributed by atoms with van der Waals surface area (Å²) in [5.41, 5.74) is 12.6. The molecular formula is C78H114O4. The maximum Gasteiger partial charge on any atom is 0.127 e. The number of para-hydroxylation sites is 2. The van der Waals surface area contributed by atoms with Crippen LogP contribution in [-0.2, 0) is 0 Å². The number of allylic oxidation sites excluding steroid dienone is 8. The van der Waals surface area contributed by atoms with Crippen molar-refractivity contribution in [2.24, 2.45) is 17.8 Å². The van der Waals surface area contributed by atoms with Gasteiger partial charge in [0.15, 0.2) is 0 Å². The van der Waals surface area contributed by atoms with E-state index in [0.717, 1.165) is 87.6 Å². The molecule has 4 aromatic carbocycles. The number of benzene rings is 4. The second kappa shape index (κ2) is 38.6. The highest BCUT2D eigenvalue weighted by molar-refractivity contribution is 5.78. The Balaban J connectivity index is 0.000000301. The van der Waals surface area contributed by atoms with Gasteiger partial charge < -0.3 is 19.7 Å². The molecule has 3 unspecified atom stereocenters. The highest BCUT2D eigenvalue weighted by Gasteiger charge is 2.33. The predicted molar refractivity (Wildman–Crippen MR) is 356 cm³/mol. The zero-order valence-corrected chi connectivity index (χ0v) is 53.2. The number of phenolic OH excluding ortho intramolecular Hbond substituents is 2. The Labute approximate surface area is 502 Å². The maximum atomic E-state index is 11.2. The van der Waals surface area contributed by atoms with E-state index in [1.807, 2.05) is 50.2 Å².